The number of rotatable bonds is 7. The molecule has 2 rings (SSSR count). The van der Waals surface area contributed by atoms with Gasteiger partial charge in [0, 0.05) is 19.7 Å². The molecule has 148 valence electrons. The average Bonchev–Trinajstić information content (AvgIpc) is 2.70. The van der Waals surface area contributed by atoms with Crippen LogP contribution in [0.2, 0.25) is 0 Å². The van der Waals surface area contributed by atoms with Crippen LogP contribution < -0.4 is 16.4 Å². The third-order valence-corrected chi connectivity index (χ3v) is 5.49. The Morgan fingerprint density at radius 3 is 2.14 bits per heavy atom. The molecule has 1 aromatic carbocycles. The van der Waals surface area contributed by atoms with Gasteiger partial charge in [0.15, 0.2) is 0 Å². The number of thioether (sulfide) groups is 1. The zero-order valence-corrected chi connectivity index (χ0v) is 17.1. The van der Waals surface area contributed by atoms with E-state index in [4.69, 9.17) is 11.5 Å². The van der Waals surface area contributed by atoms with Crippen LogP contribution in [0.3, 0.4) is 0 Å². The molecule has 0 aliphatic rings. The van der Waals surface area contributed by atoms with Gasteiger partial charge >= 0.3 is 0 Å². The van der Waals surface area contributed by atoms with Crippen LogP contribution in [-0.2, 0) is 11.2 Å². The molecule has 0 saturated heterocycles. The van der Waals surface area contributed by atoms with E-state index in [1.54, 1.807) is 31.1 Å². The number of carbonyl (C=O) groups is 2. The molecular weight excluding hydrogens is 388 g/mol. The lowest BCUT2D eigenvalue weighted by molar-refractivity contribution is -0.117. The zero-order valence-electron chi connectivity index (χ0n) is 16.3. The number of anilines is 1. The van der Waals surface area contributed by atoms with E-state index in [0.29, 0.717) is 39.5 Å². The number of nitrogens with zero attached hydrogens (tertiary/aromatic N) is 4. The summed E-state index contributed by atoms with van der Waals surface area (Å²) in [5.74, 6) is -0.789. The first-order valence-electron chi connectivity index (χ1n) is 8.65. The van der Waals surface area contributed by atoms with Gasteiger partial charge in [-0.1, -0.05) is 30.8 Å². The number of carbonyl (C=O) groups excluding carboxylic acids is 2. The van der Waals surface area contributed by atoms with Crippen LogP contribution in [0.15, 0.2) is 29.3 Å². The Hall–Kier alpha value is -3.56. The van der Waals surface area contributed by atoms with Gasteiger partial charge in [-0.3, -0.25) is 9.59 Å². The molecule has 0 saturated carbocycles. The highest BCUT2D eigenvalue weighted by atomic mass is 32.2. The fourth-order valence-electron chi connectivity index (χ4n) is 2.82. The van der Waals surface area contributed by atoms with E-state index in [1.165, 1.54) is 12.1 Å². The number of hydrogen-bond donors (Lipinski definition) is 2. The molecule has 2 amide bonds. The molecule has 1 heterocycles. The predicted octanol–water partition coefficient (Wildman–Crippen LogP) is 1.87. The van der Waals surface area contributed by atoms with Crippen LogP contribution in [0.25, 0.3) is 0 Å². The normalized spacial score (nSPS) is 11.2. The molecule has 2 aromatic rings. The fraction of sp³-hybridized carbons (Fsp3) is 0.250. The smallest absolute Gasteiger partial charge is 0.248 e. The van der Waals surface area contributed by atoms with Crippen LogP contribution >= 0.6 is 11.8 Å². The van der Waals surface area contributed by atoms with Crippen LogP contribution in [-0.4, -0.2) is 30.9 Å². The topological polar surface area (TPSA) is 150 Å². The van der Waals surface area contributed by atoms with Gasteiger partial charge in [-0.2, -0.15) is 10.5 Å². The van der Waals surface area contributed by atoms with Gasteiger partial charge in [0.25, 0.3) is 0 Å². The van der Waals surface area contributed by atoms with Crippen LogP contribution in [0.5, 0.6) is 0 Å². The molecule has 0 spiro atoms. The van der Waals surface area contributed by atoms with E-state index >= 15 is 0 Å². The summed E-state index contributed by atoms with van der Waals surface area (Å²) in [6.07, 6.45) is 0.456. The maximum atomic E-state index is 12.2. The van der Waals surface area contributed by atoms with Crippen molar-refractivity contribution in [2.75, 3.05) is 19.0 Å². The van der Waals surface area contributed by atoms with Gasteiger partial charge in [-0.25, -0.2) is 4.98 Å². The van der Waals surface area contributed by atoms with Crippen molar-refractivity contribution in [2.24, 2.45) is 11.5 Å². The lowest BCUT2D eigenvalue weighted by Crippen LogP contribution is -2.20. The molecule has 0 radical (unpaired) electrons. The Kier molecular flexibility index (Phi) is 6.81. The summed E-state index contributed by atoms with van der Waals surface area (Å²) in [4.78, 5) is 29.6. The molecule has 1 aromatic heterocycles. The van der Waals surface area contributed by atoms with Crippen molar-refractivity contribution in [2.45, 2.75) is 23.6 Å². The van der Waals surface area contributed by atoms with E-state index in [1.807, 2.05) is 6.92 Å². The number of benzene rings is 1. The van der Waals surface area contributed by atoms with Gasteiger partial charge in [-0.05, 0) is 29.7 Å². The van der Waals surface area contributed by atoms with Gasteiger partial charge in [0.05, 0.1) is 11.1 Å². The second kappa shape index (κ2) is 9.09. The van der Waals surface area contributed by atoms with Crippen molar-refractivity contribution in [3.05, 3.63) is 52.1 Å². The van der Waals surface area contributed by atoms with Gasteiger partial charge < -0.3 is 16.4 Å². The van der Waals surface area contributed by atoms with Crippen LogP contribution in [0, 0.1) is 22.7 Å². The average molecular weight is 408 g/mol. The highest BCUT2D eigenvalue weighted by molar-refractivity contribution is 8.00. The molecule has 0 aliphatic carbocycles. The summed E-state index contributed by atoms with van der Waals surface area (Å²) in [5.41, 5.74) is 12.9. The van der Waals surface area contributed by atoms with Crippen molar-refractivity contribution in [1.29, 1.82) is 10.5 Å². The predicted molar refractivity (Wildman–Crippen MR) is 110 cm³/mol. The number of pyridine rings is 1. The second-order valence-corrected chi connectivity index (χ2v) is 7.42. The highest BCUT2D eigenvalue weighted by Crippen LogP contribution is 2.39. The van der Waals surface area contributed by atoms with Crippen molar-refractivity contribution in [1.82, 2.24) is 4.98 Å². The highest BCUT2D eigenvalue weighted by Gasteiger charge is 2.26. The largest absolute Gasteiger partial charge is 0.368 e. The Balaban J connectivity index is 2.61. The SMILES string of the molecule is CCc1c(C#N)c(SC(C(N)=O)c2ccc(C(N)=O)cc2)nc(N(C)C)c1C#N. The van der Waals surface area contributed by atoms with E-state index in [0.717, 1.165) is 11.8 Å². The number of nitrogens with two attached hydrogens (primary N) is 2. The minimum absolute atomic E-state index is 0.250. The van der Waals surface area contributed by atoms with Crippen molar-refractivity contribution in [3.63, 3.8) is 0 Å². The summed E-state index contributed by atoms with van der Waals surface area (Å²) in [5, 5.41) is 18.7. The quantitative estimate of drug-likeness (QED) is 0.664. The summed E-state index contributed by atoms with van der Waals surface area (Å²) in [6, 6.07) is 10.4. The number of amides is 2. The van der Waals surface area contributed by atoms with Crippen molar-refractivity contribution in [3.8, 4) is 12.1 Å². The molecule has 8 nitrogen and oxygen atoms in total. The second-order valence-electron chi connectivity index (χ2n) is 6.33. The Morgan fingerprint density at radius 1 is 1.14 bits per heavy atom. The standard InChI is InChI=1S/C20H20N6O2S/c1-4-13-14(9-21)19(26(2)3)25-20(15(13)10-22)29-16(18(24)28)11-5-7-12(8-6-11)17(23)27/h5-8,16H,4H2,1-3H3,(H2,23,27)(H2,24,28). The van der Waals surface area contributed by atoms with Crippen molar-refractivity contribution >= 4 is 29.4 Å². The number of primary amides is 2. The van der Waals surface area contributed by atoms with Crippen LogP contribution in [0.4, 0.5) is 5.82 Å². The minimum Gasteiger partial charge on any atom is -0.368 e. The van der Waals surface area contributed by atoms with E-state index in [9.17, 15) is 20.1 Å². The van der Waals surface area contributed by atoms with Crippen molar-refractivity contribution < 1.29 is 9.59 Å². The lowest BCUT2D eigenvalue weighted by atomic mass is 10.0. The molecule has 1 unspecified atom stereocenters. The molecule has 0 bridgehead atoms. The molecule has 29 heavy (non-hydrogen) atoms. The summed E-state index contributed by atoms with van der Waals surface area (Å²) in [7, 11) is 3.49. The molecule has 9 heteroatoms. The van der Waals surface area contributed by atoms with Gasteiger partial charge in [-0.15, -0.1) is 0 Å². The van der Waals surface area contributed by atoms with E-state index in [2.05, 4.69) is 17.1 Å². The Bertz CT molecular complexity index is 1030. The molecule has 0 fully saturated rings. The molecular formula is C20H20N6O2S. The Morgan fingerprint density at radius 2 is 1.72 bits per heavy atom. The fourth-order valence-corrected chi connectivity index (χ4v) is 3.87. The molecule has 4 N–H and O–H groups in total. The summed E-state index contributed by atoms with van der Waals surface area (Å²) in [6.45, 7) is 1.85. The Labute approximate surface area is 173 Å². The third-order valence-electron chi connectivity index (χ3n) is 4.24. The maximum Gasteiger partial charge on any atom is 0.248 e. The number of aromatic nitrogens is 1. The minimum atomic E-state index is -0.843. The lowest BCUT2D eigenvalue weighted by Gasteiger charge is -2.20. The molecule has 0 aliphatic heterocycles. The monoisotopic (exact) mass is 408 g/mol. The first-order valence-corrected chi connectivity index (χ1v) is 9.53. The maximum absolute atomic E-state index is 12.2. The van der Waals surface area contributed by atoms with E-state index in [-0.39, 0.29) is 5.56 Å². The number of nitriles is 2. The third kappa shape index (κ3) is 4.48. The summed E-state index contributed by atoms with van der Waals surface area (Å²) >= 11 is 1.04. The molecule has 1 atom stereocenters. The summed E-state index contributed by atoms with van der Waals surface area (Å²) < 4.78 is 0. The number of hydrogen-bond acceptors (Lipinski definition) is 7. The first kappa shape index (κ1) is 21.7. The zero-order chi connectivity index (χ0) is 21.7. The van der Waals surface area contributed by atoms with Crippen LogP contribution in [0.1, 0.15) is 44.8 Å². The van der Waals surface area contributed by atoms with Gasteiger partial charge in [0.2, 0.25) is 11.8 Å². The van der Waals surface area contributed by atoms with Gasteiger partial charge in [0.1, 0.15) is 28.2 Å². The first-order chi connectivity index (χ1) is 13.7. The van der Waals surface area contributed by atoms with E-state index < -0.39 is 17.1 Å².